The average Bonchev–Trinajstić information content (AvgIpc) is 3.28. The number of rotatable bonds is 2. The third-order valence-corrected chi connectivity index (χ3v) is 5.42. The van der Waals surface area contributed by atoms with E-state index >= 15 is 0 Å². The van der Waals surface area contributed by atoms with Gasteiger partial charge in [-0.1, -0.05) is 25.7 Å². The topological polar surface area (TPSA) is 57.4 Å². The van der Waals surface area contributed by atoms with Crippen molar-refractivity contribution in [3.05, 3.63) is 33.2 Å². The molecule has 0 aliphatic heterocycles. The van der Waals surface area contributed by atoms with Crippen molar-refractivity contribution in [2.24, 2.45) is 0 Å². The van der Waals surface area contributed by atoms with Crippen LogP contribution >= 0.6 is 31.9 Å². The average molecular weight is 430 g/mol. The molecule has 2 aromatic rings. The number of hydrogen-bond acceptors (Lipinski definition) is 2. The van der Waals surface area contributed by atoms with Crippen LogP contribution in [0, 0.1) is 0 Å². The highest BCUT2D eigenvalue weighted by Crippen LogP contribution is 2.33. The quantitative estimate of drug-likeness (QED) is 0.646. The predicted octanol–water partition coefficient (Wildman–Crippen LogP) is 5.66. The molecule has 2 aromatic heterocycles. The number of imidazole rings is 2. The standard InChI is InChI=1S/2C8H11BrN2/c2*9-7-5-10-8(11-7)6-3-1-2-4-6/h2*5-6H,1-4H2,(H,10,11). The lowest BCUT2D eigenvalue weighted by molar-refractivity contribution is 0.677. The van der Waals surface area contributed by atoms with Gasteiger partial charge in [0.05, 0.1) is 12.4 Å². The summed E-state index contributed by atoms with van der Waals surface area (Å²) < 4.78 is 2.00. The van der Waals surface area contributed by atoms with Gasteiger partial charge in [0.25, 0.3) is 0 Å². The van der Waals surface area contributed by atoms with Crippen molar-refractivity contribution < 1.29 is 0 Å². The molecule has 2 saturated carbocycles. The normalized spacial score (nSPS) is 19.4. The lowest BCUT2D eigenvalue weighted by atomic mass is 10.1. The molecule has 4 rings (SSSR count). The van der Waals surface area contributed by atoms with Crippen molar-refractivity contribution in [1.29, 1.82) is 0 Å². The lowest BCUT2D eigenvalue weighted by Crippen LogP contribution is -1.93. The Morgan fingerprint density at radius 1 is 0.727 bits per heavy atom. The third kappa shape index (κ3) is 4.22. The molecule has 6 heteroatoms. The highest BCUT2D eigenvalue weighted by molar-refractivity contribution is 9.10. The Hall–Kier alpha value is -0.620. The summed E-state index contributed by atoms with van der Waals surface area (Å²) in [5.74, 6) is 3.71. The van der Waals surface area contributed by atoms with E-state index in [9.17, 15) is 0 Å². The van der Waals surface area contributed by atoms with Gasteiger partial charge in [0.1, 0.15) is 20.9 Å². The van der Waals surface area contributed by atoms with Gasteiger partial charge in [0.15, 0.2) is 0 Å². The smallest absolute Gasteiger partial charge is 0.110 e. The van der Waals surface area contributed by atoms with E-state index in [1.807, 2.05) is 12.4 Å². The van der Waals surface area contributed by atoms with E-state index in [4.69, 9.17) is 0 Å². The molecule has 0 atom stereocenters. The molecule has 2 aliphatic rings. The maximum absolute atomic E-state index is 4.30. The van der Waals surface area contributed by atoms with Crippen LogP contribution in [0.5, 0.6) is 0 Å². The monoisotopic (exact) mass is 428 g/mol. The molecule has 0 bridgehead atoms. The maximum Gasteiger partial charge on any atom is 0.110 e. The van der Waals surface area contributed by atoms with Crippen LogP contribution in [0.1, 0.15) is 74.9 Å². The summed E-state index contributed by atoms with van der Waals surface area (Å²) in [6.07, 6.45) is 14.4. The Labute approximate surface area is 148 Å². The van der Waals surface area contributed by atoms with Crippen LogP contribution in [0.15, 0.2) is 21.6 Å². The first-order valence-electron chi connectivity index (χ1n) is 8.13. The molecule has 2 fully saturated rings. The van der Waals surface area contributed by atoms with Gasteiger partial charge >= 0.3 is 0 Å². The summed E-state index contributed by atoms with van der Waals surface area (Å²) in [7, 11) is 0. The molecule has 0 aromatic carbocycles. The Morgan fingerprint density at radius 3 is 1.36 bits per heavy atom. The first-order valence-corrected chi connectivity index (χ1v) is 9.72. The summed E-state index contributed by atoms with van der Waals surface area (Å²) in [5, 5.41) is 0. The lowest BCUT2D eigenvalue weighted by Gasteiger charge is -2.02. The Kier molecular flexibility index (Phi) is 5.74. The van der Waals surface area contributed by atoms with Crippen molar-refractivity contribution in [2.75, 3.05) is 0 Å². The van der Waals surface area contributed by atoms with E-state index in [2.05, 4.69) is 51.8 Å². The van der Waals surface area contributed by atoms with E-state index in [1.54, 1.807) is 0 Å². The minimum atomic E-state index is 0.696. The second-order valence-electron chi connectivity index (χ2n) is 6.20. The minimum Gasteiger partial charge on any atom is -0.337 e. The van der Waals surface area contributed by atoms with Crippen molar-refractivity contribution in [2.45, 2.75) is 63.2 Å². The summed E-state index contributed by atoms with van der Waals surface area (Å²) in [4.78, 5) is 15.0. The fourth-order valence-electron chi connectivity index (χ4n) is 3.44. The minimum absolute atomic E-state index is 0.696. The SMILES string of the molecule is Brc1cnc(C2CCCC2)[nH]1.Brc1cnc(C2CCCC2)[nH]1. The van der Waals surface area contributed by atoms with Crippen LogP contribution in [0.2, 0.25) is 0 Å². The Bertz CT molecular complexity index is 528. The fraction of sp³-hybridized carbons (Fsp3) is 0.625. The van der Waals surface area contributed by atoms with Crippen LogP contribution in [-0.2, 0) is 0 Å². The van der Waals surface area contributed by atoms with E-state index in [0.717, 1.165) is 20.9 Å². The van der Waals surface area contributed by atoms with Gasteiger partial charge in [0.2, 0.25) is 0 Å². The van der Waals surface area contributed by atoms with Crippen LogP contribution in [0.4, 0.5) is 0 Å². The van der Waals surface area contributed by atoms with Crippen LogP contribution in [0.25, 0.3) is 0 Å². The number of halogens is 2. The van der Waals surface area contributed by atoms with Gasteiger partial charge in [-0.15, -0.1) is 0 Å². The number of nitrogens with one attached hydrogen (secondary N) is 2. The Balaban J connectivity index is 0.000000131. The molecule has 2 aliphatic carbocycles. The first kappa shape index (κ1) is 16.2. The highest BCUT2D eigenvalue weighted by Gasteiger charge is 2.19. The van der Waals surface area contributed by atoms with E-state index in [1.165, 1.54) is 51.4 Å². The number of aromatic nitrogens is 4. The summed E-state index contributed by atoms with van der Waals surface area (Å²) in [5.41, 5.74) is 0. The van der Waals surface area contributed by atoms with Gasteiger partial charge in [-0.2, -0.15) is 0 Å². The van der Waals surface area contributed by atoms with Gasteiger partial charge in [-0.3, -0.25) is 0 Å². The molecule has 0 saturated heterocycles. The largest absolute Gasteiger partial charge is 0.337 e. The number of H-pyrrole nitrogens is 2. The molecule has 0 radical (unpaired) electrons. The molecule has 0 amide bonds. The van der Waals surface area contributed by atoms with Crippen LogP contribution < -0.4 is 0 Å². The van der Waals surface area contributed by atoms with Crippen molar-refractivity contribution >= 4 is 31.9 Å². The molecule has 0 unspecified atom stereocenters. The van der Waals surface area contributed by atoms with Crippen molar-refractivity contribution in [3.8, 4) is 0 Å². The number of hydrogen-bond donors (Lipinski definition) is 2. The summed E-state index contributed by atoms with van der Waals surface area (Å²) in [6.45, 7) is 0. The van der Waals surface area contributed by atoms with E-state index in [0.29, 0.717) is 11.8 Å². The summed E-state index contributed by atoms with van der Waals surface area (Å²) >= 11 is 6.72. The van der Waals surface area contributed by atoms with Crippen LogP contribution in [-0.4, -0.2) is 19.9 Å². The van der Waals surface area contributed by atoms with Gasteiger partial charge in [0, 0.05) is 11.8 Å². The highest BCUT2D eigenvalue weighted by atomic mass is 79.9. The molecule has 4 nitrogen and oxygen atoms in total. The zero-order valence-electron chi connectivity index (χ0n) is 12.6. The van der Waals surface area contributed by atoms with Gasteiger partial charge in [-0.05, 0) is 57.5 Å². The van der Waals surface area contributed by atoms with Crippen molar-refractivity contribution in [1.82, 2.24) is 19.9 Å². The van der Waals surface area contributed by atoms with Crippen molar-refractivity contribution in [3.63, 3.8) is 0 Å². The molecule has 2 heterocycles. The second-order valence-corrected chi connectivity index (χ2v) is 7.90. The first-order chi connectivity index (χ1) is 10.7. The van der Waals surface area contributed by atoms with Gasteiger partial charge < -0.3 is 9.97 Å². The van der Waals surface area contributed by atoms with E-state index in [-0.39, 0.29) is 0 Å². The zero-order chi connectivity index (χ0) is 15.4. The molecular formula is C16H22Br2N4. The molecule has 2 N–H and O–H groups in total. The molecule has 22 heavy (non-hydrogen) atoms. The second kappa shape index (κ2) is 7.77. The number of aromatic amines is 2. The fourth-order valence-corrected chi connectivity index (χ4v) is 4.05. The Morgan fingerprint density at radius 2 is 1.09 bits per heavy atom. The number of nitrogens with zero attached hydrogens (tertiary/aromatic N) is 2. The molecule has 120 valence electrons. The van der Waals surface area contributed by atoms with Crippen LogP contribution in [0.3, 0.4) is 0 Å². The zero-order valence-corrected chi connectivity index (χ0v) is 15.8. The predicted molar refractivity (Wildman–Crippen MR) is 95.0 cm³/mol. The summed E-state index contributed by atoms with van der Waals surface area (Å²) in [6, 6.07) is 0. The van der Waals surface area contributed by atoms with Gasteiger partial charge in [-0.25, -0.2) is 9.97 Å². The third-order valence-electron chi connectivity index (χ3n) is 4.61. The molecular weight excluding hydrogens is 408 g/mol. The molecule has 0 spiro atoms. The maximum atomic E-state index is 4.30. The van der Waals surface area contributed by atoms with E-state index < -0.39 is 0 Å².